The number of sulfonamides is 1. The van der Waals surface area contributed by atoms with Crippen molar-refractivity contribution in [1.29, 1.82) is 0 Å². The van der Waals surface area contributed by atoms with Gasteiger partial charge in [-0.15, -0.1) is 0 Å². The normalized spacial score (nSPS) is 14.5. The molecule has 0 spiro atoms. The summed E-state index contributed by atoms with van der Waals surface area (Å²) in [5.74, 6) is -0.429. The molecule has 4 rings (SSSR count). The number of anilines is 1. The lowest BCUT2D eigenvalue weighted by molar-refractivity contribution is -0.141. The van der Waals surface area contributed by atoms with Gasteiger partial charge in [0.25, 0.3) is 0 Å². The highest BCUT2D eigenvalue weighted by Crippen LogP contribution is 2.26. The Morgan fingerprint density at radius 2 is 1.56 bits per heavy atom. The number of carbonyl (C=O) groups excluding carboxylic acids is 2. The largest absolute Gasteiger partial charge is 0.352 e. The van der Waals surface area contributed by atoms with Gasteiger partial charge < -0.3 is 10.2 Å². The highest BCUT2D eigenvalue weighted by atomic mass is 35.5. The zero-order chi connectivity index (χ0) is 32.6. The second-order valence-electron chi connectivity index (χ2n) is 12.1. The molecule has 1 aliphatic rings. The van der Waals surface area contributed by atoms with Crippen LogP contribution in [-0.4, -0.2) is 50.0 Å². The third kappa shape index (κ3) is 10.2. The molecule has 0 bridgehead atoms. The number of hydrogen-bond donors (Lipinski definition) is 1. The van der Waals surface area contributed by atoms with E-state index in [1.165, 1.54) is 10.6 Å². The summed E-state index contributed by atoms with van der Waals surface area (Å²) >= 11 is 12.5. The number of hydrogen-bond acceptors (Lipinski definition) is 4. The monoisotopic (exact) mass is 671 g/mol. The number of aryl methyl sites for hydroxylation is 2. The maximum atomic E-state index is 14.1. The Morgan fingerprint density at radius 3 is 2.18 bits per heavy atom. The molecule has 45 heavy (non-hydrogen) atoms. The van der Waals surface area contributed by atoms with Crippen molar-refractivity contribution in [1.82, 2.24) is 10.2 Å². The van der Waals surface area contributed by atoms with Crippen molar-refractivity contribution < 1.29 is 18.0 Å². The van der Waals surface area contributed by atoms with Gasteiger partial charge in [0.15, 0.2) is 0 Å². The van der Waals surface area contributed by atoms with Gasteiger partial charge in [-0.05, 0) is 79.6 Å². The summed E-state index contributed by atoms with van der Waals surface area (Å²) in [7, 11) is -3.60. The van der Waals surface area contributed by atoms with Crippen molar-refractivity contribution in [3.63, 3.8) is 0 Å². The molecule has 3 aromatic carbocycles. The molecule has 10 heteroatoms. The van der Waals surface area contributed by atoms with Gasteiger partial charge in [0.05, 0.1) is 22.0 Å². The second kappa shape index (κ2) is 16.0. The predicted molar refractivity (Wildman–Crippen MR) is 183 cm³/mol. The van der Waals surface area contributed by atoms with E-state index in [0.717, 1.165) is 54.4 Å². The molecular formula is C35H43Cl2N3O4S. The number of nitrogens with one attached hydrogen (secondary N) is 1. The molecule has 1 saturated carbocycles. The molecule has 242 valence electrons. The van der Waals surface area contributed by atoms with Gasteiger partial charge in [-0.1, -0.05) is 84.9 Å². The second-order valence-corrected chi connectivity index (χ2v) is 14.8. The molecule has 1 aliphatic carbocycles. The molecule has 1 atom stereocenters. The van der Waals surface area contributed by atoms with Crippen molar-refractivity contribution in [2.45, 2.75) is 83.8 Å². The molecule has 0 heterocycles. The molecule has 0 unspecified atom stereocenters. The fourth-order valence-electron chi connectivity index (χ4n) is 6.03. The quantitative estimate of drug-likeness (QED) is 0.207. The molecule has 7 nitrogen and oxygen atoms in total. The minimum atomic E-state index is -3.60. The Balaban J connectivity index is 1.61. The van der Waals surface area contributed by atoms with E-state index in [1.54, 1.807) is 23.1 Å². The van der Waals surface area contributed by atoms with Gasteiger partial charge in [0.2, 0.25) is 21.8 Å². The van der Waals surface area contributed by atoms with Crippen molar-refractivity contribution in [3.05, 3.63) is 99.0 Å². The van der Waals surface area contributed by atoms with Gasteiger partial charge >= 0.3 is 0 Å². The van der Waals surface area contributed by atoms with Crippen LogP contribution in [0.2, 0.25) is 10.0 Å². The van der Waals surface area contributed by atoms with E-state index >= 15 is 0 Å². The summed E-state index contributed by atoms with van der Waals surface area (Å²) in [6.45, 7) is 4.13. The Labute approximate surface area is 278 Å². The minimum absolute atomic E-state index is 0.0557. The van der Waals surface area contributed by atoms with Gasteiger partial charge in [0.1, 0.15) is 6.04 Å². The van der Waals surface area contributed by atoms with Gasteiger partial charge in [0, 0.05) is 32.0 Å². The van der Waals surface area contributed by atoms with E-state index < -0.39 is 16.1 Å². The molecule has 0 radical (unpaired) electrons. The Hall–Kier alpha value is -3.07. The number of rotatable bonds is 13. The average Bonchev–Trinajstić information content (AvgIpc) is 2.98. The standard InChI is InChI=1S/C35H43Cl2N3O4S/c1-25-19-26(2)21-30(20-25)40(45(3,43)44)18-10-15-34(41)39(24-28-16-17-31(36)32(37)22-28)33(23-27-11-6-4-7-12-27)35(42)38-29-13-8-5-9-14-29/h4,6-7,11-12,16-17,19-22,29,33H,5,8-10,13-15,18,23-24H2,1-3H3,(H,38,42)/t33-/m0/s1. The van der Waals surface area contributed by atoms with Crippen LogP contribution < -0.4 is 9.62 Å². The van der Waals surface area contributed by atoms with Gasteiger partial charge in [-0.25, -0.2) is 8.42 Å². The van der Waals surface area contributed by atoms with Crippen LogP contribution in [0.15, 0.2) is 66.7 Å². The van der Waals surface area contributed by atoms with Crippen LogP contribution in [0, 0.1) is 13.8 Å². The third-order valence-electron chi connectivity index (χ3n) is 8.21. The van der Waals surface area contributed by atoms with E-state index in [1.807, 2.05) is 62.4 Å². The maximum absolute atomic E-state index is 14.1. The van der Waals surface area contributed by atoms with E-state index in [4.69, 9.17) is 23.2 Å². The van der Waals surface area contributed by atoms with Crippen LogP contribution in [0.25, 0.3) is 0 Å². The average molecular weight is 673 g/mol. The number of benzene rings is 3. The number of carbonyl (C=O) groups is 2. The molecule has 0 aromatic heterocycles. The zero-order valence-corrected chi connectivity index (χ0v) is 28.6. The Bertz CT molecular complexity index is 1560. The highest BCUT2D eigenvalue weighted by molar-refractivity contribution is 7.92. The zero-order valence-electron chi connectivity index (χ0n) is 26.3. The van der Waals surface area contributed by atoms with Gasteiger partial charge in [-0.3, -0.25) is 13.9 Å². The fourth-order valence-corrected chi connectivity index (χ4v) is 7.30. The predicted octanol–water partition coefficient (Wildman–Crippen LogP) is 7.25. The lowest BCUT2D eigenvalue weighted by atomic mass is 9.94. The third-order valence-corrected chi connectivity index (χ3v) is 10.1. The summed E-state index contributed by atoms with van der Waals surface area (Å²) in [5.41, 5.74) is 4.16. The first kappa shape index (κ1) is 34.8. The number of nitrogens with zero attached hydrogens (tertiary/aromatic N) is 2. The SMILES string of the molecule is Cc1cc(C)cc(N(CCCC(=O)N(Cc2ccc(Cl)c(Cl)c2)[C@@H](Cc2ccccc2)C(=O)NC2CCCCC2)S(C)(=O)=O)c1. The van der Waals surface area contributed by atoms with Crippen molar-refractivity contribution in [3.8, 4) is 0 Å². The van der Waals surface area contributed by atoms with Crippen molar-refractivity contribution in [2.24, 2.45) is 0 Å². The lowest BCUT2D eigenvalue weighted by Crippen LogP contribution is -2.52. The van der Waals surface area contributed by atoms with Crippen LogP contribution in [0.4, 0.5) is 5.69 Å². The molecule has 1 fully saturated rings. The molecular weight excluding hydrogens is 629 g/mol. The lowest BCUT2D eigenvalue weighted by Gasteiger charge is -2.34. The van der Waals surface area contributed by atoms with Crippen LogP contribution in [0.5, 0.6) is 0 Å². The molecule has 3 aromatic rings. The molecule has 2 amide bonds. The van der Waals surface area contributed by atoms with Crippen LogP contribution >= 0.6 is 23.2 Å². The fraction of sp³-hybridized carbons (Fsp3) is 0.429. The number of halogens is 2. The first-order valence-electron chi connectivity index (χ1n) is 15.5. The van der Waals surface area contributed by atoms with E-state index in [9.17, 15) is 18.0 Å². The van der Waals surface area contributed by atoms with E-state index in [0.29, 0.717) is 22.2 Å². The molecule has 0 saturated heterocycles. The first-order chi connectivity index (χ1) is 21.4. The van der Waals surface area contributed by atoms with Crippen LogP contribution in [0.1, 0.15) is 67.2 Å². The van der Waals surface area contributed by atoms with Crippen LogP contribution in [-0.2, 0) is 32.6 Å². The topological polar surface area (TPSA) is 86.8 Å². The summed E-state index contributed by atoms with van der Waals surface area (Å²) in [6.07, 6.45) is 6.98. The Kier molecular flexibility index (Phi) is 12.3. The van der Waals surface area contributed by atoms with Crippen molar-refractivity contribution >= 4 is 50.7 Å². The first-order valence-corrected chi connectivity index (χ1v) is 18.1. The number of amides is 2. The summed E-state index contributed by atoms with van der Waals surface area (Å²) in [6, 6.07) is 19.8. The summed E-state index contributed by atoms with van der Waals surface area (Å²) in [5, 5.41) is 4.01. The van der Waals surface area contributed by atoms with Gasteiger partial charge in [-0.2, -0.15) is 0 Å². The summed E-state index contributed by atoms with van der Waals surface area (Å²) < 4.78 is 27.0. The van der Waals surface area contributed by atoms with Crippen LogP contribution in [0.3, 0.4) is 0 Å². The Morgan fingerprint density at radius 1 is 0.889 bits per heavy atom. The van der Waals surface area contributed by atoms with Crippen molar-refractivity contribution in [2.75, 3.05) is 17.1 Å². The smallest absolute Gasteiger partial charge is 0.243 e. The van der Waals surface area contributed by atoms with E-state index in [-0.39, 0.29) is 43.8 Å². The highest BCUT2D eigenvalue weighted by Gasteiger charge is 2.32. The maximum Gasteiger partial charge on any atom is 0.243 e. The molecule has 0 aliphatic heterocycles. The molecule has 1 N–H and O–H groups in total. The summed E-state index contributed by atoms with van der Waals surface area (Å²) in [4.78, 5) is 29.7. The minimum Gasteiger partial charge on any atom is -0.352 e. The van der Waals surface area contributed by atoms with E-state index in [2.05, 4.69) is 5.32 Å².